The smallest absolute Gasteiger partial charge is 0.344 e. The second-order valence-electron chi connectivity index (χ2n) is 5.85. The molecule has 0 aliphatic carbocycles. The zero-order valence-corrected chi connectivity index (χ0v) is 16.5. The Labute approximate surface area is 171 Å². The van der Waals surface area contributed by atoms with Gasteiger partial charge in [0.05, 0.1) is 18.6 Å². The zero-order valence-electron chi connectivity index (χ0n) is 15.7. The summed E-state index contributed by atoms with van der Waals surface area (Å²) >= 11 is 1.00. The van der Waals surface area contributed by atoms with E-state index in [1.54, 1.807) is 25.1 Å². The molecule has 0 atom stereocenters. The van der Waals surface area contributed by atoms with Crippen molar-refractivity contribution < 1.29 is 28.9 Å². The third-order valence-electron chi connectivity index (χ3n) is 3.95. The summed E-state index contributed by atoms with van der Waals surface area (Å²) in [7, 11) is 1.45. The van der Waals surface area contributed by atoms with Gasteiger partial charge in [0.15, 0.2) is 0 Å². The van der Waals surface area contributed by atoms with E-state index in [0.29, 0.717) is 16.2 Å². The van der Waals surface area contributed by atoms with E-state index in [1.165, 1.54) is 37.4 Å². The van der Waals surface area contributed by atoms with Crippen LogP contribution in [0.3, 0.4) is 0 Å². The van der Waals surface area contributed by atoms with Crippen molar-refractivity contribution >= 4 is 34.5 Å². The van der Waals surface area contributed by atoms with Crippen molar-refractivity contribution in [3.8, 4) is 11.5 Å². The van der Waals surface area contributed by atoms with Crippen LogP contribution in [0.4, 0.5) is 10.1 Å². The molecule has 2 aromatic rings. The number of carbonyl (C=O) groups excluding carboxylic acids is 1. The Morgan fingerprint density at radius 2 is 2.00 bits per heavy atom. The number of methoxy groups -OCH3 is 1. The summed E-state index contributed by atoms with van der Waals surface area (Å²) in [5.74, 6) is -1.23. The van der Waals surface area contributed by atoms with Crippen molar-refractivity contribution in [2.24, 2.45) is 4.99 Å². The minimum Gasteiger partial charge on any atom is -0.508 e. The van der Waals surface area contributed by atoms with Crippen LogP contribution >= 0.6 is 11.8 Å². The molecule has 0 saturated heterocycles. The van der Waals surface area contributed by atoms with Crippen molar-refractivity contribution in [3.63, 3.8) is 0 Å². The number of ether oxygens (including phenoxy) is 2. The summed E-state index contributed by atoms with van der Waals surface area (Å²) in [6, 6.07) is 10.4. The molecular weight excluding hydrogens is 397 g/mol. The summed E-state index contributed by atoms with van der Waals surface area (Å²) in [5.41, 5.74) is 0.465. The molecule has 1 aliphatic heterocycles. The number of para-hydroxylation sites is 1. The lowest BCUT2D eigenvalue weighted by Gasteiger charge is -2.06. The van der Waals surface area contributed by atoms with Crippen LogP contribution in [-0.2, 0) is 9.53 Å². The molecule has 0 radical (unpaired) electrons. The molecule has 150 valence electrons. The summed E-state index contributed by atoms with van der Waals surface area (Å²) < 4.78 is 24.3. The predicted octanol–water partition coefficient (Wildman–Crippen LogP) is 4.73. The third-order valence-corrected chi connectivity index (χ3v) is 4.97. The van der Waals surface area contributed by atoms with Crippen molar-refractivity contribution in [2.45, 2.75) is 6.92 Å². The van der Waals surface area contributed by atoms with E-state index in [4.69, 9.17) is 9.47 Å². The summed E-state index contributed by atoms with van der Waals surface area (Å²) in [4.78, 5) is 16.9. The quantitative estimate of drug-likeness (QED) is 0.686. The monoisotopic (exact) mass is 415 g/mol. The Bertz CT molecular complexity index is 1050. The third kappa shape index (κ3) is 4.43. The number of esters is 1. The molecule has 0 spiro atoms. The first-order valence-corrected chi connectivity index (χ1v) is 9.47. The van der Waals surface area contributed by atoms with E-state index < -0.39 is 11.8 Å². The van der Waals surface area contributed by atoms with Crippen LogP contribution in [0.1, 0.15) is 12.5 Å². The van der Waals surface area contributed by atoms with Crippen LogP contribution in [0.2, 0.25) is 0 Å². The molecule has 0 unspecified atom stereocenters. The summed E-state index contributed by atoms with van der Waals surface area (Å²) in [6.07, 6.45) is 1.58. The molecule has 2 N–H and O–H groups in total. The van der Waals surface area contributed by atoms with E-state index in [9.17, 15) is 19.4 Å². The number of benzene rings is 2. The van der Waals surface area contributed by atoms with Gasteiger partial charge >= 0.3 is 5.97 Å². The van der Waals surface area contributed by atoms with Gasteiger partial charge in [-0.05, 0) is 37.3 Å². The fraction of sp³-hybridized carbons (Fsp3) is 0.143. The molecule has 6 nitrogen and oxygen atoms in total. The Hall–Kier alpha value is -3.26. The van der Waals surface area contributed by atoms with Gasteiger partial charge in [0, 0.05) is 11.6 Å². The highest BCUT2D eigenvalue weighted by Gasteiger charge is 2.33. The maximum atomic E-state index is 14.0. The second-order valence-corrected chi connectivity index (χ2v) is 6.88. The van der Waals surface area contributed by atoms with Gasteiger partial charge in [-0.3, -0.25) is 0 Å². The van der Waals surface area contributed by atoms with Gasteiger partial charge in [0.1, 0.15) is 39.4 Å². The number of aliphatic hydroxyl groups excluding tert-OH is 1. The number of aliphatic imine (C=N–C) groups is 1. The first-order chi connectivity index (χ1) is 13.9. The van der Waals surface area contributed by atoms with Gasteiger partial charge in [-0.1, -0.05) is 23.9 Å². The lowest BCUT2D eigenvalue weighted by molar-refractivity contribution is -0.138. The molecule has 1 heterocycles. The second kappa shape index (κ2) is 8.83. The van der Waals surface area contributed by atoms with Gasteiger partial charge in [0.25, 0.3) is 0 Å². The number of rotatable bonds is 5. The number of phenolic OH excluding ortho intramolecular Hbond substituents is 1. The van der Waals surface area contributed by atoms with Crippen LogP contribution < -0.4 is 4.74 Å². The summed E-state index contributed by atoms with van der Waals surface area (Å²) in [6.45, 7) is 1.75. The SMILES string of the molecule is CCOC(=O)C1=C(O)/C(=C\c2ccc(O)cc2OC)SC1=Nc1ccccc1F. The predicted molar refractivity (Wildman–Crippen MR) is 110 cm³/mol. The molecule has 0 bridgehead atoms. The van der Waals surface area contributed by atoms with Crippen LogP contribution in [0.25, 0.3) is 6.08 Å². The van der Waals surface area contributed by atoms with Gasteiger partial charge < -0.3 is 19.7 Å². The Kier molecular flexibility index (Phi) is 6.23. The van der Waals surface area contributed by atoms with E-state index >= 15 is 0 Å². The fourth-order valence-electron chi connectivity index (χ4n) is 2.60. The number of hydrogen-bond acceptors (Lipinski definition) is 7. The highest BCUT2D eigenvalue weighted by molar-refractivity contribution is 8.18. The van der Waals surface area contributed by atoms with Crippen LogP contribution in [0.5, 0.6) is 11.5 Å². The minimum atomic E-state index is -0.756. The maximum Gasteiger partial charge on any atom is 0.344 e. The van der Waals surface area contributed by atoms with Gasteiger partial charge in [0.2, 0.25) is 0 Å². The number of halogens is 1. The highest BCUT2D eigenvalue weighted by Crippen LogP contribution is 2.41. The van der Waals surface area contributed by atoms with Crippen molar-refractivity contribution in [1.29, 1.82) is 0 Å². The fourth-order valence-corrected chi connectivity index (χ4v) is 3.62. The lowest BCUT2D eigenvalue weighted by Crippen LogP contribution is -2.12. The number of hydrogen-bond donors (Lipinski definition) is 2. The van der Waals surface area contributed by atoms with Crippen LogP contribution in [-0.4, -0.2) is 34.9 Å². The lowest BCUT2D eigenvalue weighted by atomic mass is 10.1. The minimum absolute atomic E-state index is 0.0249. The zero-order chi connectivity index (χ0) is 21.0. The molecule has 29 heavy (non-hydrogen) atoms. The molecule has 0 amide bonds. The largest absolute Gasteiger partial charge is 0.508 e. The topological polar surface area (TPSA) is 88.4 Å². The van der Waals surface area contributed by atoms with Gasteiger partial charge in [-0.25, -0.2) is 14.2 Å². The number of nitrogens with zero attached hydrogens (tertiary/aromatic N) is 1. The average molecular weight is 415 g/mol. The van der Waals surface area contributed by atoms with Crippen LogP contribution in [0.15, 0.2) is 63.7 Å². The standard InChI is InChI=1S/C21H18FNO5S/c1-3-28-21(26)18-19(25)17(10-12-8-9-13(24)11-16(12)27-2)29-20(18)23-15-7-5-4-6-14(15)22/h4-11,24-25H,3H2,1-2H3/b17-10+,23-20?. The number of thioether (sulfide) groups is 1. The molecule has 3 rings (SSSR count). The molecule has 0 saturated carbocycles. The molecule has 2 aromatic carbocycles. The van der Waals surface area contributed by atoms with E-state index in [0.717, 1.165) is 11.8 Å². The highest BCUT2D eigenvalue weighted by atomic mass is 32.2. The van der Waals surface area contributed by atoms with Crippen LogP contribution in [0, 0.1) is 5.82 Å². The molecular formula is C21H18FNO5S. The van der Waals surface area contributed by atoms with Crippen molar-refractivity contribution in [3.05, 3.63) is 70.1 Å². The summed E-state index contributed by atoms with van der Waals surface area (Å²) in [5, 5.41) is 20.4. The maximum absolute atomic E-state index is 14.0. The van der Waals surface area contributed by atoms with Gasteiger partial charge in [-0.2, -0.15) is 0 Å². The first-order valence-electron chi connectivity index (χ1n) is 8.65. The molecule has 0 aromatic heterocycles. The normalized spacial score (nSPS) is 16.5. The number of aliphatic hydroxyl groups is 1. The average Bonchev–Trinajstić information content (AvgIpc) is 3.00. The molecule has 8 heteroatoms. The van der Waals surface area contributed by atoms with Gasteiger partial charge in [-0.15, -0.1) is 0 Å². The molecule has 0 fully saturated rings. The molecule has 1 aliphatic rings. The van der Waals surface area contributed by atoms with Crippen molar-refractivity contribution in [1.82, 2.24) is 0 Å². The van der Waals surface area contributed by atoms with E-state index in [1.807, 2.05) is 0 Å². The Balaban J connectivity index is 2.09. The first kappa shape index (κ1) is 20.5. The number of aromatic hydroxyl groups is 1. The number of carbonyl (C=O) groups is 1. The Morgan fingerprint density at radius 1 is 1.24 bits per heavy atom. The van der Waals surface area contributed by atoms with Crippen molar-refractivity contribution in [2.75, 3.05) is 13.7 Å². The number of phenols is 1. The van der Waals surface area contributed by atoms with E-state index in [-0.39, 0.29) is 34.4 Å². The van der Waals surface area contributed by atoms with E-state index in [2.05, 4.69) is 4.99 Å². The Morgan fingerprint density at radius 3 is 2.69 bits per heavy atom.